The predicted molar refractivity (Wildman–Crippen MR) is 56.0 cm³/mol. The third-order valence-electron chi connectivity index (χ3n) is 3.26. The molecule has 1 aliphatic heterocycles. The van der Waals surface area contributed by atoms with Crippen LogP contribution in [0.5, 0.6) is 0 Å². The van der Waals surface area contributed by atoms with Crippen LogP contribution in [-0.4, -0.2) is 25.6 Å². The molecule has 0 spiro atoms. The van der Waals surface area contributed by atoms with E-state index >= 15 is 0 Å². The Morgan fingerprint density at radius 3 is 2.06 bits per heavy atom. The van der Waals surface area contributed by atoms with E-state index in [-0.39, 0.29) is 17.8 Å². The van der Waals surface area contributed by atoms with Crippen LogP contribution in [0.4, 0.5) is 13.2 Å². The first-order chi connectivity index (χ1) is 7.16. The summed E-state index contributed by atoms with van der Waals surface area (Å²) in [6.45, 7) is 6.08. The van der Waals surface area contributed by atoms with Gasteiger partial charge in [0.1, 0.15) is 12.3 Å². The van der Waals surface area contributed by atoms with Gasteiger partial charge in [0.2, 0.25) is 0 Å². The largest absolute Gasteiger partial charge is 0.403 e. The van der Waals surface area contributed by atoms with Crippen LogP contribution >= 0.6 is 0 Å². The molecular formula is C11H20F3NO. The summed E-state index contributed by atoms with van der Waals surface area (Å²) in [6, 6.07) is -1.43. The molecule has 0 radical (unpaired) electrons. The number of alkyl halides is 3. The van der Waals surface area contributed by atoms with Gasteiger partial charge in [0, 0.05) is 13.0 Å². The number of nitrogens with one attached hydrogen (secondary N) is 1. The van der Waals surface area contributed by atoms with Crippen LogP contribution in [0.2, 0.25) is 0 Å². The van der Waals surface area contributed by atoms with Gasteiger partial charge >= 0.3 is 6.18 Å². The normalized spacial score (nSPS) is 32.8. The first-order valence-corrected chi connectivity index (χ1v) is 5.52. The maximum Gasteiger partial charge on any atom is 0.403 e. The van der Waals surface area contributed by atoms with E-state index in [0.717, 1.165) is 0 Å². The topological polar surface area (TPSA) is 21.3 Å². The second kappa shape index (κ2) is 4.53. The van der Waals surface area contributed by atoms with E-state index in [0.29, 0.717) is 6.42 Å². The molecule has 0 saturated carbocycles. The Balaban J connectivity index is 2.72. The zero-order valence-electron chi connectivity index (χ0n) is 10.2. The minimum absolute atomic E-state index is 0.0513. The van der Waals surface area contributed by atoms with Gasteiger partial charge in [-0.05, 0) is 18.3 Å². The SMILES string of the molecule is COC1NC(C(F)(F)F)CCC1C(C)(C)C. The molecule has 0 bridgehead atoms. The molecule has 0 aliphatic carbocycles. The van der Waals surface area contributed by atoms with Gasteiger partial charge in [-0.25, -0.2) is 0 Å². The summed E-state index contributed by atoms with van der Waals surface area (Å²) < 4.78 is 42.8. The lowest BCUT2D eigenvalue weighted by Gasteiger charge is -2.43. The molecule has 0 aromatic carbocycles. The quantitative estimate of drug-likeness (QED) is 0.759. The fourth-order valence-electron chi connectivity index (χ4n) is 2.27. The molecule has 5 heteroatoms. The van der Waals surface area contributed by atoms with Gasteiger partial charge < -0.3 is 4.74 Å². The van der Waals surface area contributed by atoms with Crippen molar-refractivity contribution in [2.24, 2.45) is 11.3 Å². The van der Waals surface area contributed by atoms with Crippen LogP contribution in [0.25, 0.3) is 0 Å². The summed E-state index contributed by atoms with van der Waals surface area (Å²) in [5.41, 5.74) is -0.0513. The fraction of sp³-hybridized carbons (Fsp3) is 1.00. The number of ether oxygens (including phenoxy) is 1. The summed E-state index contributed by atoms with van der Waals surface area (Å²) in [6.07, 6.45) is -4.02. The van der Waals surface area contributed by atoms with Crippen LogP contribution in [0, 0.1) is 11.3 Å². The zero-order valence-corrected chi connectivity index (χ0v) is 10.2. The molecule has 1 N–H and O–H groups in total. The molecule has 0 amide bonds. The monoisotopic (exact) mass is 239 g/mol. The Bertz CT molecular complexity index is 234. The molecule has 0 aromatic heterocycles. The van der Waals surface area contributed by atoms with Crippen LogP contribution in [0.15, 0.2) is 0 Å². The lowest BCUT2D eigenvalue weighted by Crippen LogP contribution is -2.56. The standard InChI is InChI=1S/C11H20F3NO/c1-10(2,3)7-5-6-8(11(12,13)14)15-9(7)16-4/h7-9,15H,5-6H2,1-4H3. The van der Waals surface area contributed by atoms with Crippen molar-refractivity contribution in [2.45, 2.75) is 52.1 Å². The Morgan fingerprint density at radius 1 is 1.12 bits per heavy atom. The lowest BCUT2D eigenvalue weighted by atomic mass is 9.74. The molecule has 2 nitrogen and oxygen atoms in total. The molecule has 1 rings (SSSR count). The molecule has 1 aliphatic rings. The highest BCUT2D eigenvalue weighted by Crippen LogP contribution is 2.38. The predicted octanol–water partition coefficient (Wildman–Crippen LogP) is 2.94. The van der Waals surface area contributed by atoms with Crippen molar-refractivity contribution in [1.82, 2.24) is 5.32 Å². The summed E-state index contributed by atoms with van der Waals surface area (Å²) in [4.78, 5) is 0. The zero-order chi connectivity index (χ0) is 12.6. The van der Waals surface area contributed by atoms with Gasteiger partial charge in [0.15, 0.2) is 0 Å². The molecule has 3 unspecified atom stereocenters. The minimum Gasteiger partial charge on any atom is -0.366 e. The average molecular weight is 239 g/mol. The summed E-state index contributed by atoms with van der Waals surface area (Å²) in [5.74, 6) is 0.107. The van der Waals surface area contributed by atoms with Crippen LogP contribution < -0.4 is 5.32 Å². The van der Waals surface area contributed by atoms with Crippen molar-refractivity contribution in [2.75, 3.05) is 7.11 Å². The van der Waals surface area contributed by atoms with Crippen LogP contribution in [0.3, 0.4) is 0 Å². The van der Waals surface area contributed by atoms with Crippen LogP contribution in [-0.2, 0) is 4.74 Å². The third-order valence-corrected chi connectivity index (χ3v) is 3.26. The van der Waals surface area contributed by atoms with E-state index in [1.54, 1.807) is 0 Å². The Labute approximate surface area is 94.5 Å². The Hall–Kier alpha value is -0.290. The van der Waals surface area contributed by atoms with E-state index in [9.17, 15) is 13.2 Å². The molecule has 1 saturated heterocycles. The van der Waals surface area contributed by atoms with Crippen molar-refractivity contribution < 1.29 is 17.9 Å². The second-order valence-corrected chi connectivity index (χ2v) is 5.47. The van der Waals surface area contributed by atoms with Crippen molar-refractivity contribution in [3.8, 4) is 0 Å². The van der Waals surface area contributed by atoms with Crippen molar-refractivity contribution in [3.63, 3.8) is 0 Å². The van der Waals surface area contributed by atoms with Gasteiger partial charge in [-0.3, -0.25) is 5.32 Å². The number of hydrogen-bond donors (Lipinski definition) is 1. The summed E-state index contributed by atoms with van der Waals surface area (Å²) in [7, 11) is 1.45. The number of methoxy groups -OCH3 is 1. The average Bonchev–Trinajstić information content (AvgIpc) is 2.14. The Kier molecular flexibility index (Phi) is 3.90. The molecular weight excluding hydrogens is 219 g/mol. The van der Waals surface area contributed by atoms with Crippen molar-refractivity contribution in [1.29, 1.82) is 0 Å². The number of halogens is 3. The van der Waals surface area contributed by atoms with E-state index in [2.05, 4.69) is 5.32 Å². The van der Waals surface area contributed by atoms with E-state index < -0.39 is 18.4 Å². The highest BCUT2D eigenvalue weighted by molar-refractivity contribution is 4.90. The highest BCUT2D eigenvalue weighted by atomic mass is 19.4. The third kappa shape index (κ3) is 3.10. The summed E-state index contributed by atoms with van der Waals surface area (Å²) in [5, 5.41) is 2.55. The first kappa shape index (κ1) is 13.8. The van der Waals surface area contributed by atoms with E-state index in [1.807, 2.05) is 20.8 Å². The van der Waals surface area contributed by atoms with E-state index in [1.165, 1.54) is 7.11 Å². The van der Waals surface area contributed by atoms with Gasteiger partial charge in [0.05, 0.1) is 0 Å². The molecule has 16 heavy (non-hydrogen) atoms. The highest BCUT2D eigenvalue weighted by Gasteiger charge is 2.47. The second-order valence-electron chi connectivity index (χ2n) is 5.47. The Morgan fingerprint density at radius 2 is 1.69 bits per heavy atom. The van der Waals surface area contributed by atoms with Gasteiger partial charge in [-0.15, -0.1) is 0 Å². The maximum absolute atomic E-state index is 12.6. The van der Waals surface area contributed by atoms with Gasteiger partial charge in [-0.2, -0.15) is 13.2 Å². The van der Waals surface area contributed by atoms with Gasteiger partial charge in [0.25, 0.3) is 0 Å². The van der Waals surface area contributed by atoms with Crippen LogP contribution in [0.1, 0.15) is 33.6 Å². The maximum atomic E-state index is 12.6. The van der Waals surface area contributed by atoms with E-state index in [4.69, 9.17) is 4.74 Å². The minimum atomic E-state index is -4.18. The smallest absolute Gasteiger partial charge is 0.366 e. The van der Waals surface area contributed by atoms with Crippen molar-refractivity contribution >= 4 is 0 Å². The molecule has 96 valence electrons. The molecule has 3 atom stereocenters. The number of hydrogen-bond acceptors (Lipinski definition) is 2. The molecule has 0 aromatic rings. The number of rotatable bonds is 1. The van der Waals surface area contributed by atoms with Crippen molar-refractivity contribution in [3.05, 3.63) is 0 Å². The lowest BCUT2D eigenvalue weighted by molar-refractivity contribution is -0.184. The summed E-state index contributed by atoms with van der Waals surface area (Å²) >= 11 is 0. The molecule has 1 fully saturated rings. The molecule has 1 heterocycles. The fourth-order valence-corrected chi connectivity index (χ4v) is 2.27. The number of piperidine rings is 1. The van der Waals surface area contributed by atoms with Gasteiger partial charge in [-0.1, -0.05) is 20.8 Å². The first-order valence-electron chi connectivity index (χ1n) is 5.52.